The van der Waals surface area contributed by atoms with E-state index in [1.165, 1.54) is 16.7 Å². The Bertz CT molecular complexity index is 913. The molecule has 0 spiro atoms. The van der Waals surface area contributed by atoms with E-state index in [1.807, 2.05) is 12.1 Å². The third-order valence-electron chi connectivity index (χ3n) is 3.69. The molecular formula is C19H19N5O4S. The highest BCUT2D eigenvalue weighted by atomic mass is 32.2. The fourth-order valence-electron chi connectivity index (χ4n) is 2.32. The molecule has 2 aromatic rings. The minimum atomic E-state index is -0.675. The molecule has 0 atom stereocenters. The first-order valence-electron chi connectivity index (χ1n) is 8.74. The molecule has 10 heteroatoms. The van der Waals surface area contributed by atoms with Crippen molar-refractivity contribution in [3.63, 3.8) is 0 Å². The number of aryl methyl sites for hydroxylation is 1. The van der Waals surface area contributed by atoms with E-state index < -0.39 is 18.5 Å². The number of hydrogen-bond donors (Lipinski definition) is 0. The molecular weight excluding hydrogens is 394 g/mol. The first kappa shape index (κ1) is 21.9. The van der Waals surface area contributed by atoms with E-state index >= 15 is 0 Å². The third-order valence-corrected chi connectivity index (χ3v) is 4.73. The molecule has 0 aliphatic carbocycles. The van der Waals surface area contributed by atoms with Crippen LogP contribution in [0, 0.1) is 29.6 Å². The summed E-state index contributed by atoms with van der Waals surface area (Å²) < 4.78 is 10.2. The van der Waals surface area contributed by atoms with Gasteiger partial charge in [0.2, 0.25) is 0 Å². The fourth-order valence-corrected chi connectivity index (χ4v) is 3.18. The zero-order valence-electron chi connectivity index (χ0n) is 15.8. The van der Waals surface area contributed by atoms with Crippen molar-refractivity contribution < 1.29 is 18.8 Å². The van der Waals surface area contributed by atoms with E-state index in [0.29, 0.717) is 16.5 Å². The Morgan fingerprint density at radius 2 is 2.00 bits per heavy atom. The molecule has 29 heavy (non-hydrogen) atoms. The topological polar surface area (TPSA) is 133 Å². The van der Waals surface area contributed by atoms with Crippen LogP contribution in [-0.2, 0) is 15.3 Å². The summed E-state index contributed by atoms with van der Waals surface area (Å²) in [7, 11) is 0. The number of aromatic nitrogens is 2. The van der Waals surface area contributed by atoms with Crippen LogP contribution in [0.25, 0.3) is 0 Å². The summed E-state index contributed by atoms with van der Waals surface area (Å²) in [6.45, 7) is 1.68. The molecule has 0 saturated heterocycles. The van der Waals surface area contributed by atoms with Gasteiger partial charge in [-0.1, -0.05) is 16.9 Å². The van der Waals surface area contributed by atoms with Gasteiger partial charge in [-0.05, 0) is 19.1 Å². The maximum absolute atomic E-state index is 12.5. The summed E-state index contributed by atoms with van der Waals surface area (Å²) in [6, 6.07) is 8.87. The fraction of sp³-hybridized carbons (Fsp3) is 0.368. The molecule has 0 aliphatic heterocycles. The normalized spacial score (nSPS) is 10.0. The van der Waals surface area contributed by atoms with Crippen molar-refractivity contribution in [2.24, 2.45) is 0 Å². The van der Waals surface area contributed by atoms with Gasteiger partial charge < -0.3 is 14.2 Å². The second kappa shape index (κ2) is 11.5. The van der Waals surface area contributed by atoms with E-state index in [-0.39, 0.29) is 31.5 Å². The van der Waals surface area contributed by atoms with Crippen molar-refractivity contribution in [3.8, 4) is 12.1 Å². The number of pyridine rings is 1. The number of thioether (sulfide) groups is 1. The molecule has 0 unspecified atom stereocenters. The summed E-state index contributed by atoms with van der Waals surface area (Å²) in [6.07, 6.45) is 1.83. The van der Waals surface area contributed by atoms with Gasteiger partial charge in [0.15, 0.2) is 6.61 Å². The van der Waals surface area contributed by atoms with Gasteiger partial charge >= 0.3 is 5.97 Å². The van der Waals surface area contributed by atoms with E-state index in [4.69, 9.17) is 19.8 Å². The minimum Gasteiger partial charge on any atom is -0.452 e. The van der Waals surface area contributed by atoms with Crippen LogP contribution in [0.3, 0.4) is 0 Å². The monoisotopic (exact) mass is 413 g/mol. The van der Waals surface area contributed by atoms with Gasteiger partial charge in [-0.2, -0.15) is 10.5 Å². The lowest BCUT2D eigenvalue weighted by atomic mass is 10.3. The molecule has 2 aromatic heterocycles. The van der Waals surface area contributed by atoms with Crippen LogP contribution in [0.15, 0.2) is 33.9 Å². The Morgan fingerprint density at radius 3 is 2.62 bits per heavy atom. The van der Waals surface area contributed by atoms with Crippen molar-refractivity contribution in [1.82, 2.24) is 15.0 Å². The van der Waals surface area contributed by atoms with Gasteiger partial charge in [0.1, 0.15) is 10.8 Å². The lowest BCUT2D eigenvalue weighted by molar-refractivity contribution is -0.134. The summed E-state index contributed by atoms with van der Waals surface area (Å²) >= 11 is 1.30. The lowest BCUT2D eigenvalue weighted by Crippen LogP contribution is -2.36. The molecule has 0 bridgehead atoms. The number of rotatable bonds is 10. The van der Waals surface area contributed by atoms with Gasteiger partial charge in [0.05, 0.1) is 36.2 Å². The molecule has 0 fully saturated rings. The Labute approximate surface area is 172 Å². The largest absolute Gasteiger partial charge is 0.452 e. The molecule has 0 aromatic carbocycles. The van der Waals surface area contributed by atoms with Crippen LogP contribution in [0.1, 0.15) is 34.7 Å². The van der Waals surface area contributed by atoms with Gasteiger partial charge in [-0.3, -0.25) is 4.79 Å². The quantitative estimate of drug-likeness (QED) is 0.425. The smallest absolute Gasteiger partial charge is 0.341 e. The first-order chi connectivity index (χ1) is 14.0. The summed E-state index contributed by atoms with van der Waals surface area (Å²) in [4.78, 5) is 30.3. The summed E-state index contributed by atoms with van der Waals surface area (Å²) in [5.74, 6) is 0.0202. The molecule has 1 amide bonds. The minimum absolute atomic E-state index is 0.135. The Balaban J connectivity index is 1.96. The number of nitriles is 2. The molecule has 2 heterocycles. The number of amides is 1. The Kier molecular flexibility index (Phi) is 8.67. The van der Waals surface area contributed by atoms with E-state index in [9.17, 15) is 9.59 Å². The van der Waals surface area contributed by atoms with Crippen molar-refractivity contribution in [2.45, 2.75) is 30.5 Å². The van der Waals surface area contributed by atoms with E-state index in [0.717, 1.165) is 5.69 Å². The number of esters is 1. The molecule has 0 radical (unpaired) electrons. The van der Waals surface area contributed by atoms with Crippen LogP contribution >= 0.6 is 11.8 Å². The highest BCUT2D eigenvalue weighted by molar-refractivity contribution is 7.98. The third kappa shape index (κ3) is 6.94. The van der Waals surface area contributed by atoms with Crippen LogP contribution in [0.2, 0.25) is 0 Å². The highest BCUT2D eigenvalue weighted by Crippen LogP contribution is 2.24. The maximum Gasteiger partial charge on any atom is 0.341 e. The Morgan fingerprint density at radius 1 is 1.28 bits per heavy atom. The second-order valence-electron chi connectivity index (χ2n) is 5.85. The lowest BCUT2D eigenvalue weighted by Gasteiger charge is -2.20. The number of carbonyl (C=O) groups is 2. The molecule has 0 aliphatic rings. The molecule has 0 saturated carbocycles. The van der Waals surface area contributed by atoms with Crippen LogP contribution in [-0.4, -0.2) is 46.6 Å². The van der Waals surface area contributed by atoms with Crippen LogP contribution in [0.5, 0.6) is 0 Å². The van der Waals surface area contributed by atoms with Crippen molar-refractivity contribution in [3.05, 3.63) is 41.4 Å². The second-order valence-corrected chi connectivity index (χ2v) is 6.81. The molecule has 9 nitrogen and oxygen atoms in total. The van der Waals surface area contributed by atoms with E-state index in [2.05, 4.69) is 10.1 Å². The molecule has 2 rings (SSSR count). The zero-order valence-corrected chi connectivity index (χ0v) is 16.6. The standard InChI is InChI=1S/C19H19N5O4S/c1-14-11-15(23-28-14)13-29-18-16(5-2-8-22-18)19(26)27-12-17(25)24(9-3-6-20)10-4-7-21/h2,5,8,11H,3-4,9-10,12-13H2,1H3. The molecule has 150 valence electrons. The zero-order chi connectivity index (χ0) is 21.1. The highest BCUT2D eigenvalue weighted by Gasteiger charge is 2.19. The van der Waals surface area contributed by atoms with E-state index in [1.54, 1.807) is 31.3 Å². The average Bonchev–Trinajstić information content (AvgIpc) is 3.15. The number of nitrogens with zero attached hydrogens (tertiary/aromatic N) is 5. The van der Waals surface area contributed by atoms with Crippen molar-refractivity contribution >= 4 is 23.6 Å². The summed E-state index contributed by atoms with van der Waals surface area (Å²) in [5, 5.41) is 21.7. The number of ether oxygens (including phenoxy) is 1. The maximum atomic E-state index is 12.5. The van der Waals surface area contributed by atoms with Gasteiger partial charge in [0, 0.05) is 31.1 Å². The first-order valence-corrected chi connectivity index (χ1v) is 9.72. The van der Waals surface area contributed by atoms with Gasteiger partial charge in [0.25, 0.3) is 5.91 Å². The van der Waals surface area contributed by atoms with Crippen molar-refractivity contribution in [2.75, 3.05) is 19.7 Å². The Hall–Kier alpha value is -3.37. The van der Waals surface area contributed by atoms with Crippen LogP contribution in [0.4, 0.5) is 0 Å². The number of hydrogen-bond acceptors (Lipinski definition) is 9. The SMILES string of the molecule is Cc1cc(CSc2ncccc2C(=O)OCC(=O)N(CCC#N)CCC#N)no1. The summed E-state index contributed by atoms with van der Waals surface area (Å²) in [5.41, 5.74) is 0.962. The van der Waals surface area contributed by atoms with Crippen LogP contribution < -0.4 is 0 Å². The van der Waals surface area contributed by atoms with Crippen molar-refractivity contribution in [1.29, 1.82) is 10.5 Å². The predicted octanol–water partition coefficient (Wildman–Crippen LogP) is 2.48. The van der Waals surface area contributed by atoms with Gasteiger partial charge in [-0.15, -0.1) is 0 Å². The molecule has 0 N–H and O–H groups in total. The number of carbonyl (C=O) groups excluding carboxylic acids is 2. The van der Waals surface area contributed by atoms with Gasteiger partial charge in [-0.25, -0.2) is 9.78 Å². The average molecular weight is 413 g/mol. The predicted molar refractivity (Wildman–Crippen MR) is 102 cm³/mol.